The minimum atomic E-state index is -4.72. The molecule has 7 nitrogen and oxygen atoms in total. The first-order chi connectivity index (χ1) is 11.6. The van der Waals surface area contributed by atoms with Crippen LogP contribution >= 0.6 is 22.9 Å². The number of nitrogens with two attached hydrogens (primary N) is 1. The number of halogens is 2. The van der Waals surface area contributed by atoms with Crippen molar-refractivity contribution in [2.45, 2.75) is 17.9 Å². The number of aliphatic hydroxyl groups is 1. The van der Waals surface area contributed by atoms with Crippen molar-refractivity contribution in [3.05, 3.63) is 46.0 Å². The van der Waals surface area contributed by atoms with Crippen molar-refractivity contribution in [2.24, 2.45) is 5.73 Å². The Bertz CT molecular complexity index is 942. The molecule has 2 amide bonds. The summed E-state index contributed by atoms with van der Waals surface area (Å²) in [6.45, 7) is 1.05. The molecule has 1 unspecified atom stereocenters. The van der Waals surface area contributed by atoms with Crippen LogP contribution in [0.5, 0.6) is 0 Å². The van der Waals surface area contributed by atoms with E-state index < -0.39 is 38.7 Å². The molecule has 0 spiro atoms. The molecule has 1 aromatic heterocycles. The molecule has 0 aliphatic rings. The van der Waals surface area contributed by atoms with Gasteiger partial charge in [0.05, 0.1) is 10.6 Å². The minimum absolute atomic E-state index is 0.211. The number of hydrogen-bond donors (Lipinski definition) is 2. The molecule has 3 N–H and O–H groups in total. The molecule has 0 saturated heterocycles. The average molecular weight is 407 g/mol. The molecular weight excluding hydrogens is 395 g/mol. The van der Waals surface area contributed by atoms with Crippen molar-refractivity contribution in [1.29, 1.82) is 0 Å². The number of benzene rings is 1. The van der Waals surface area contributed by atoms with Gasteiger partial charge >= 0.3 is 0 Å². The number of sulfonamides is 1. The highest BCUT2D eigenvalue weighted by molar-refractivity contribution is 7.94. The molecule has 0 bridgehead atoms. The highest BCUT2D eigenvalue weighted by Gasteiger charge is 2.37. The molecule has 1 aromatic carbocycles. The number of anilines is 1. The van der Waals surface area contributed by atoms with E-state index in [1.165, 1.54) is 11.4 Å². The first kappa shape index (κ1) is 19.3. The number of aliphatic hydroxyl groups excluding tert-OH is 1. The summed E-state index contributed by atoms with van der Waals surface area (Å²) in [5.74, 6) is -3.11. The largest absolute Gasteiger partial charge is 0.384 e. The molecule has 134 valence electrons. The molecule has 2 rings (SSSR count). The van der Waals surface area contributed by atoms with Crippen molar-refractivity contribution < 1.29 is 27.5 Å². The normalized spacial score (nSPS) is 12.6. The first-order valence-electron chi connectivity index (χ1n) is 6.67. The molecule has 0 aliphatic carbocycles. The fourth-order valence-electron chi connectivity index (χ4n) is 1.92. The summed E-state index contributed by atoms with van der Waals surface area (Å²) < 4.78 is 39.6. The van der Waals surface area contributed by atoms with Crippen LogP contribution in [0.15, 0.2) is 34.5 Å². The van der Waals surface area contributed by atoms with Crippen LogP contribution in [0.4, 0.5) is 9.39 Å². The zero-order valence-electron chi connectivity index (χ0n) is 12.6. The lowest BCUT2D eigenvalue weighted by Crippen LogP contribution is -2.43. The van der Waals surface area contributed by atoms with E-state index in [-0.39, 0.29) is 19.9 Å². The van der Waals surface area contributed by atoms with Crippen molar-refractivity contribution in [3.8, 4) is 0 Å². The maximum Gasteiger partial charge on any atom is 0.273 e. The summed E-state index contributed by atoms with van der Waals surface area (Å²) in [7, 11) is -4.72. The maximum absolute atomic E-state index is 13.5. The predicted octanol–water partition coefficient (Wildman–Crippen LogP) is 1.74. The monoisotopic (exact) mass is 406 g/mol. The van der Waals surface area contributed by atoms with Gasteiger partial charge in [0.1, 0.15) is 21.8 Å². The summed E-state index contributed by atoms with van der Waals surface area (Å²) in [5, 5.41) is 10.3. The topological polar surface area (TPSA) is 118 Å². The van der Waals surface area contributed by atoms with Gasteiger partial charge in [-0.2, -0.15) is 4.31 Å². The number of rotatable bonds is 5. The van der Waals surface area contributed by atoms with Crippen LogP contribution in [0.2, 0.25) is 5.02 Å². The van der Waals surface area contributed by atoms with E-state index in [1.807, 2.05) is 0 Å². The molecule has 0 saturated carbocycles. The summed E-state index contributed by atoms with van der Waals surface area (Å²) >= 11 is 6.58. The lowest BCUT2D eigenvalue weighted by molar-refractivity contribution is -0.124. The van der Waals surface area contributed by atoms with Gasteiger partial charge in [-0.25, -0.2) is 12.8 Å². The van der Waals surface area contributed by atoms with E-state index in [9.17, 15) is 27.5 Å². The van der Waals surface area contributed by atoms with E-state index in [2.05, 4.69) is 0 Å². The Hall–Kier alpha value is -2.01. The lowest BCUT2D eigenvalue weighted by atomic mass is 10.3. The van der Waals surface area contributed by atoms with Gasteiger partial charge < -0.3 is 10.8 Å². The minimum Gasteiger partial charge on any atom is -0.384 e. The van der Waals surface area contributed by atoms with Crippen LogP contribution in [0.25, 0.3) is 0 Å². The average Bonchev–Trinajstić information content (AvgIpc) is 2.98. The van der Waals surface area contributed by atoms with Gasteiger partial charge in [0.2, 0.25) is 0 Å². The fourth-order valence-corrected chi connectivity index (χ4v) is 5.04. The summed E-state index contributed by atoms with van der Waals surface area (Å²) in [5.41, 5.74) is 4.95. The Labute approximate surface area is 151 Å². The molecule has 0 fully saturated rings. The molecule has 11 heteroatoms. The summed E-state index contributed by atoms with van der Waals surface area (Å²) in [4.78, 5) is 23.2. The Balaban J connectivity index is 2.75. The number of thiophene rings is 1. The molecule has 1 atom stereocenters. The number of amides is 2. The quantitative estimate of drug-likeness (QED) is 0.784. The second-order valence-corrected chi connectivity index (χ2v) is 7.92. The van der Waals surface area contributed by atoms with Crippen LogP contribution in [0.3, 0.4) is 0 Å². The molecule has 0 aliphatic heterocycles. The van der Waals surface area contributed by atoms with E-state index in [1.54, 1.807) is 0 Å². The maximum atomic E-state index is 13.5. The van der Waals surface area contributed by atoms with Crippen LogP contribution in [0.1, 0.15) is 17.3 Å². The molecule has 0 radical (unpaired) electrons. The third kappa shape index (κ3) is 3.66. The number of primary amides is 1. The summed E-state index contributed by atoms with van der Waals surface area (Å²) in [6.07, 6.45) is -1.72. The third-order valence-electron chi connectivity index (χ3n) is 3.06. The lowest BCUT2D eigenvalue weighted by Gasteiger charge is -2.23. The van der Waals surface area contributed by atoms with Gasteiger partial charge in [0.15, 0.2) is 0 Å². The van der Waals surface area contributed by atoms with Gasteiger partial charge in [-0.1, -0.05) is 11.6 Å². The van der Waals surface area contributed by atoms with E-state index >= 15 is 0 Å². The van der Waals surface area contributed by atoms with Crippen molar-refractivity contribution in [1.82, 2.24) is 0 Å². The SMILES string of the molecule is CC(O)C(=O)N(c1sccc1C(N)=O)S(=O)(=O)c1cc(F)ccc1Cl. The van der Waals surface area contributed by atoms with Gasteiger partial charge in [0, 0.05) is 0 Å². The van der Waals surface area contributed by atoms with E-state index in [4.69, 9.17) is 17.3 Å². The van der Waals surface area contributed by atoms with E-state index in [0.29, 0.717) is 6.07 Å². The smallest absolute Gasteiger partial charge is 0.273 e. The number of hydrogen-bond acceptors (Lipinski definition) is 6. The number of carbonyl (C=O) groups excluding carboxylic acids is 2. The Morgan fingerprint density at radius 2 is 2.00 bits per heavy atom. The van der Waals surface area contributed by atoms with Gasteiger partial charge in [-0.15, -0.1) is 11.3 Å². The van der Waals surface area contributed by atoms with Gasteiger partial charge in [0.25, 0.3) is 21.8 Å². The zero-order chi connectivity index (χ0) is 18.9. The molecule has 1 heterocycles. The first-order valence-corrected chi connectivity index (χ1v) is 9.36. The predicted molar refractivity (Wildman–Crippen MR) is 90.6 cm³/mol. The molecule has 2 aromatic rings. The molecule has 25 heavy (non-hydrogen) atoms. The Morgan fingerprint density at radius 1 is 1.36 bits per heavy atom. The highest BCUT2D eigenvalue weighted by Crippen LogP contribution is 2.35. The third-order valence-corrected chi connectivity index (χ3v) is 6.26. The van der Waals surface area contributed by atoms with Crippen LogP contribution in [0, 0.1) is 5.82 Å². The fraction of sp³-hybridized carbons (Fsp3) is 0.143. The Morgan fingerprint density at radius 3 is 2.56 bits per heavy atom. The van der Waals surface area contributed by atoms with Crippen molar-refractivity contribution in [3.63, 3.8) is 0 Å². The second-order valence-electron chi connectivity index (χ2n) is 4.86. The van der Waals surface area contributed by atoms with Crippen LogP contribution in [-0.2, 0) is 14.8 Å². The van der Waals surface area contributed by atoms with E-state index in [0.717, 1.165) is 30.4 Å². The molecular formula is C14H12ClFN2O5S2. The van der Waals surface area contributed by atoms with Crippen LogP contribution in [-0.4, -0.2) is 31.4 Å². The van der Waals surface area contributed by atoms with Crippen molar-refractivity contribution >= 4 is 49.8 Å². The van der Waals surface area contributed by atoms with Gasteiger partial charge in [-0.3, -0.25) is 9.59 Å². The zero-order valence-corrected chi connectivity index (χ0v) is 15.0. The second kappa shape index (κ2) is 7.08. The van der Waals surface area contributed by atoms with Gasteiger partial charge in [-0.05, 0) is 36.6 Å². The number of carbonyl (C=O) groups is 2. The highest BCUT2D eigenvalue weighted by atomic mass is 35.5. The van der Waals surface area contributed by atoms with Crippen molar-refractivity contribution in [2.75, 3.05) is 4.31 Å². The van der Waals surface area contributed by atoms with Crippen LogP contribution < -0.4 is 10.0 Å². The number of nitrogens with zero attached hydrogens (tertiary/aromatic N) is 1. The standard InChI is InChI=1S/C14H12ClFN2O5S2/c1-7(19)13(21)18(14-9(12(17)20)4-5-24-14)25(22,23)11-6-8(16)2-3-10(11)15/h2-7,19H,1H3,(H2,17,20). The summed E-state index contributed by atoms with van der Waals surface area (Å²) in [6, 6.07) is 3.82. The Kier molecular flexibility index (Phi) is 5.47.